The molecule has 37 heavy (non-hydrogen) atoms. The number of anilines is 3. The van der Waals surface area contributed by atoms with Gasteiger partial charge in [-0.25, -0.2) is 4.98 Å². The smallest absolute Gasteiger partial charge is 0.353 e. The molecule has 3 aromatic heterocycles. The van der Waals surface area contributed by atoms with E-state index in [1.54, 1.807) is 12.3 Å². The van der Waals surface area contributed by atoms with Crippen molar-refractivity contribution in [2.45, 2.75) is 69.1 Å². The molecular formula is C25H29F3N8O. The molecule has 3 aromatic rings. The zero-order valence-electron chi connectivity index (χ0n) is 20.4. The third-order valence-corrected chi connectivity index (χ3v) is 6.92. The summed E-state index contributed by atoms with van der Waals surface area (Å²) in [6, 6.07) is 6.37. The van der Waals surface area contributed by atoms with Crippen LogP contribution in [0, 0.1) is 0 Å². The molecule has 0 spiro atoms. The predicted molar refractivity (Wildman–Crippen MR) is 131 cm³/mol. The molecule has 3 N–H and O–H groups in total. The van der Waals surface area contributed by atoms with Gasteiger partial charge in [0.05, 0.1) is 6.42 Å². The zero-order chi connectivity index (χ0) is 26.0. The molecule has 9 nitrogen and oxygen atoms in total. The van der Waals surface area contributed by atoms with Crippen LogP contribution in [-0.2, 0) is 17.4 Å². The number of rotatable bonds is 8. The van der Waals surface area contributed by atoms with E-state index >= 15 is 0 Å². The van der Waals surface area contributed by atoms with Gasteiger partial charge < -0.3 is 15.5 Å². The summed E-state index contributed by atoms with van der Waals surface area (Å²) in [5.74, 6) is 2.30. The van der Waals surface area contributed by atoms with Crippen LogP contribution in [0.25, 0.3) is 0 Å². The van der Waals surface area contributed by atoms with Gasteiger partial charge in [0.1, 0.15) is 11.5 Å². The van der Waals surface area contributed by atoms with Crippen LogP contribution in [0.5, 0.6) is 0 Å². The first-order chi connectivity index (χ1) is 17.7. The molecule has 0 unspecified atom stereocenters. The number of nitrogens with one attached hydrogen (secondary N) is 3. The van der Waals surface area contributed by atoms with E-state index in [9.17, 15) is 18.0 Å². The first-order valence-electron chi connectivity index (χ1n) is 12.4. The van der Waals surface area contributed by atoms with Crippen molar-refractivity contribution in [2.24, 2.45) is 0 Å². The quantitative estimate of drug-likeness (QED) is 0.410. The Kier molecular flexibility index (Phi) is 6.98. The van der Waals surface area contributed by atoms with Gasteiger partial charge in [0.25, 0.3) is 0 Å². The number of aromatic amines is 1. The summed E-state index contributed by atoms with van der Waals surface area (Å²) < 4.78 is 38.6. The number of amides is 1. The monoisotopic (exact) mass is 514 g/mol. The summed E-state index contributed by atoms with van der Waals surface area (Å²) in [4.78, 5) is 26.9. The summed E-state index contributed by atoms with van der Waals surface area (Å²) in [6.07, 6.45) is 3.74. The van der Waals surface area contributed by atoms with Gasteiger partial charge in [-0.05, 0) is 62.3 Å². The van der Waals surface area contributed by atoms with Gasteiger partial charge in [-0.2, -0.15) is 23.3 Å². The van der Waals surface area contributed by atoms with Crippen molar-refractivity contribution < 1.29 is 18.0 Å². The van der Waals surface area contributed by atoms with E-state index < -0.39 is 11.9 Å². The Morgan fingerprint density at radius 1 is 1.05 bits per heavy atom. The van der Waals surface area contributed by atoms with Crippen molar-refractivity contribution in [3.05, 3.63) is 53.6 Å². The Hall–Kier alpha value is -3.70. The number of aromatic nitrogens is 5. The molecule has 2 saturated carbocycles. The number of hydrogen-bond acceptors (Lipinski definition) is 7. The highest BCUT2D eigenvalue weighted by molar-refractivity contribution is 5.78. The lowest BCUT2D eigenvalue weighted by molar-refractivity contribution is -0.141. The highest BCUT2D eigenvalue weighted by atomic mass is 19.4. The first-order valence-corrected chi connectivity index (χ1v) is 12.4. The molecule has 0 aromatic carbocycles. The molecule has 0 radical (unpaired) electrons. The van der Waals surface area contributed by atoms with Crippen LogP contribution in [0.4, 0.5) is 30.8 Å². The van der Waals surface area contributed by atoms with E-state index in [4.69, 9.17) is 0 Å². The van der Waals surface area contributed by atoms with Crippen molar-refractivity contribution in [2.75, 3.05) is 17.3 Å². The number of nitrogens with zero attached hydrogens (tertiary/aromatic N) is 5. The van der Waals surface area contributed by atoms with Crippen LogP contribution >= 0.6 is 0 Å². The fourth-order valence-corrected chi connectivity index (χ4v) is 4.70. The standard InChI is InChI=1S/C25H29F3N8O/c1-36(24-30-11-9-21(33-24)32-22-14-19(34-35-22)16-2-3-16)18-6-4-17(5-7-18)31-23(37)13-15-8-10-29-20(12-15)25(26,27)28/h8-12,14,16-18H,2-7,13H2,1H3,(H,31,37)(H2,30,32,33,34,35). The number of carbonyl (C=O) groups excluding carboxylic acids is 1. The van der Waals surface area contributed by atoms with Crippen molar-refractivity contribution in [1.29, 1.82) is 0 Å². The number of alkyl halides is 3. The minimum Gasteiger partial charge on any atom is -0.353 e. The average Bonchev–Trinajstić information content (AvgIpc) is 3.62. The summed E-state index contributed by atoms with van der Waals surface area (Å²) in [5.41, 5.74) is 0.442. The SMILES string of the molecule is CN(c1nccc(Nc2cc(C3CC3)[nH]n2)n1)C1CCC(NC(=O)Cc2ccnc(C(F)(F)F)c2)CC1. The van der Waals surface area contributed by atoms with Crippen LogP contribution in [0.1, 0.15) is 61.4 Å². The third kappa shape index (κ3) is 6.36. The Labute approximate surface area is 212 Å². The topological polar surface area (TPSA) is 112 Å². The molecule has 5 rings (SSSR count). The molecule has 1 amide bonds. The number of halogens is 3. The van der Waals surface area contributed by atoms with Gasteiger partial charge in [-0.3, -0.25) is 14.9 Å². The maximum absolute atomic E-state index is 12.9. The van der Waals surface area contributed by atoms with E-state index in [1.165, 1.54) is 18.9 Å². The van der Waals surface area contributed by atoms with Gasteiger partial charge in [-0.1, -0.05) is 0 Å². The van der Waals surface area contributed by atoms with Crippen molar-refractivity contribution in [3.63, 3.8) is 0 Å². The lowest BCUT2D eigenvalue weighted by Crippen LogP contribution is -2.43. The van der Waals surface area contributed by atoms with Crippen molar-refractivity contribution >= 4 is 23.5 Å². The maximum atomic E-state index is 12.9. The van der Waals surface area contributed by atoms with Crippen LogP contribution in [0.15, 0.2) is 36.7 Å². The zero-order valence-corrected chi connectivity index (χ0v) is 20.4. The second-order valence-corrected chi connectivity index (χ2v) is 9.76. The first kappa shape index (κ1) is 25.0. The lowest BCUT2D eigenvalue weighted by Gasteiger charge is -2.35. The fraction of sp³-hybridized carbons (Fsp3) is 0.480. The normalized spacial score (nSPS) is 19.9. The Balaban J connectivity index is 1.11. The summed E-state index contributed by atoms with van der Waals surface area (Å²) >= 11 is 0. The molecule has 196 valence electrons. The molecule has 0 atom stereocenters. The van der Waals surface area contributed by atoms with Crippen molar-refractivity contribution in [1.82, 2.24) is 30.5 Å². The Bertz CT molecular complexity index is 1230. The van der Waals surface area contributed by atoms with Gasteiger partial charge in [0.2, 0.25) is 11.9 Å². The second kappa shape index (κ2) is 10.3. The van der Waals surface area contributed by atoms with Crippen LogP contribution in [0.3, 0.4) is 0 Å². The summed E-state index contributed by atoms with van der Waals surface area (Å²) in [5, 5.41) is 13.6. The van der Waals surface area contributed by atoms with E-state index in [-0.39, 0.29) is 30.0 Å². The molecule has 0 aliphatic heterocycles. The average molecular weight is 515 g/mol. The van der Waals surface area contributed by atoms with E-state index in [0.29, 0.717) is 17.7 Å². The molecule has 2 aliphatic carbocycles. The highest BCUT2D eigenvalue weighted by Crippen LogP contribution is 2.39. The van der Waals surface area contributed by atoms with Crippen LogP contribution in [-0.4, -0.2) is 50.2 Å². The number of H-pyrrole nitrogens is 1. The largest absolute Gasteiger partial charge is 0.433 e. The number of pyridine rings is 1. The molecule has 2 aliphatic rings. The summed E-state index contributed by atoms with van der Waals surface area (Å²) in [6.45, 7) is 0. The number of hydrogen-bond donors (Lipinski definition) is 3. The third-order valence-electron chi connectivity index (χ3n) is 6.92. The lowest BCUT2D eigenvalue weighted by atomic mass is 9.90. The van der Waals surface area contributed by atoms with Crippen molar-refractivity contribution in [3.8, 4) is 0 Å². The predicted octanol–water partition coefficient (Wildman–Crippen LogP) is 4.34. The van der Waals surface area contributed by atoms with Gasteiger partial charge in [0, 0.05) is 49.2 Å². The summed E-state index contributed by atoms with van der Waals surface area (Å²) in [7, 11) is 1.96. The Morgan fingerprint density at radius 3 is 2.54 bits per heavy atom. The number of carbonyl (C=O) groups is 1. The molecule has 0 bridgehead atoms. The minimum atomic E-state index is -4.53. The molecule has 12 heteroatoms. The fourth-order valence-electron chi connectivity index (χ4n) is 4.70. The van der Waals surface area contributed by atoms with E-state index in [1.807, 2.05) is 13.1 Å². The van der Waals surface area contributed by atoms with Gasteiger partial charge in [-0.15, -0.1) is 0 Å². The highest BCUT2D eigenvalue weighted by Gasteiger charge is 2.33. The molecule has 3 heterocycles. The van der Waals surface area contributed by atoms with E-state index in [0.717, 1.165) is 49.5 Å². The second-order valence-electron chi connectivity index (χ2n) is 9.76. The molecule has 2 fully saturated rings. The molecule has 0 saturated heterocycles. The van der Waals surface area contributed by atoms with Crippen LogP contribution < -0.4 is 15.5 Å². The molecular weight excluding hydrogens is 485 g/mol. The van der Waals surface area contributed by atoms with Gasteiger partial charge >= 0.3 is 6.18 Å². The Morgan fingerprint density at radius 2 is 1.81 bits per heavy atom. The van der Waals surface area contributed by atoms with E-state index in [2.05, 4.69) is 40.7 Å². The minimum absolute atomic E-state index is 0.0182. The maximum Gasteiger partial charge on any atom is 0.433 e. The van der Waals surface area contributed by atoms with Gasteiger partial charge in [0.15, 0.2) is 5.82 Å². The van der Waals surface area contributed by atoms with Crippen LogP contribution in [0.2, 0.25) is 0 Å².